The minimum atomic E-state index is 0.477. The first kappa shape index (κ1) is 13.1. The van der Waals surface area contributed by atoms with E-state index in [9.17, 15) is 0 Å². The molecular weight excluding hydrogens is 238 g/mol. The van der Waals surface area contributed by atoms with Crippen molar-refractivity contribution >= 4 is 0 Å². The van der Waals surface area contributed by atoms with Gasteiger partial charge in [-0.2, -0.15) is 5.10 Å². The van der Waals surface area contributed by atoms with Crippen molar-refractivity contribution in [1.29, 1.82) is 0 Å². The van der Waals surface area contributed by atoms with Gasteiger partial charge in [0.2, 0.25) is 0 Å². The molecule has 19 heavy (non-hydrogen) atoms. The van der Waals surface area contributed by atoms with E-state index in [0.717, 1.165) is 19.6 Å². The molecule has 1 aromatic rings. The third-order valence-electron chi connectivity index (χ3n) is 5.00. The summed E-state index contributed by atoms with van der Waals surface area (Å²) in [4.78, 5) is 0. The zero-order valence-corrected chi connectivity index (χ0v) is 12.1. The minimum Gasteiger partial charge on any atom is -0.378 e. The monoisotopic (exact) mass is 263 g/mol. The van der Waals surface area contributed by atoms with Gasteiger partial charge in [0.25, 0.3) is 0 Å². The summed E-state index contributed by atoms with van der Waals surface area (Å²) < 4.78 is 7.75. The Bertz CT molecular complexity index is 425. The third-order valence-corrected chi connectivity index (χ3v) is 5.00. The lowest BCUT2D eigenvalue weighted by atomic mass is 9.51. The highest BCUT2D eigenvalue weighted by Gasteiger charge is 2.58. The van der Waals surface area contributed by atoms with E-state index in [1.807, 2.05) is 17.9 Å². The summed E-state index contributed by atoms with van der Waals surface area (Å²) in [5.74, 6) is 0. The van der Waals surface area contributed by atoms with Crippen molar-refractivity contribution in [3.05, 3.63) is 18.0 Å². The Hall–Kier alpha value is -0.870. The van der Waals surface area contributed by atoms with Gasteiger partial charge in [0, 0.05) is 31.3 Å². The second kappa shape index (κ2) is 5.25. The molecule has 2 unspecified atom stereocenters. The van der Waals surface area contributed by atoms with Crippen LogP contribution in [0.2, 0.25) is 0 Å². The molecule has 0 saturated heterocycles. The maximum Gasteiger partial charge on any atom is 0.0661 e. The number of ether oxygens (including phenoxy) is 1. The first-order valence-corrected chi connectivity index (χ1v) is 7.57. The van der Waals surface area contributed by atoms with E-state index in [4.69, 9.17) is 4.74 Å². The number of nitrogens with one attached hydrogen (secondary N) is 1. The maximum absolute atomic E-state index is 5.88. The molecule has 0 radical (unpaired) electrons. The molecule has 2 fully saturated rings. The van der Waals surface area contributed by atoms with Crippen LogP contribution in [0.5, 0.6) is 0 Å². The van der Waals surface area contributed by atoms with Gasteiger partial charge in [-0.3, -0.25) is 4.68 Å². The van der Waals surface area contributed by atoms with Crippen LogP contribution in [0.4, 0.5) is 0 Å². The van der Waals surface area contributed by atoms with E-state index in [-0.39, 0.29) is 0 Å². The molecule has 0 aliphatic heterocycles. The Balaban J connectivity index is 1.46. The lowest BCUT2D eigenvalue weighted by molar-refractivity contribution is -0.172. The molecule has 2 aliphatic carbocycles. The van der Waals surface area contributed by atoms with Crippen LogP contribution in [0.15, 0.2) is 12.4 Å². The molecule has 3 rings (SSSR count). The molecule has 1 N–H and O–H groups in total. The summed E-state index contributed by atoms with van der Waals surface area (Å²) in [7, 11) is 1.97. The molecule has 4 nitrogen and oxygen atoms in total. The molecule has 0 amide bonds. The van der Waals surface area contributed by atoms with Crippen molar-refractivity contribution in [1.82, 2.24) is 15.1 Å². The number of hydrogen-bond acceptors (Lipinski definition) is 3. The number of aryl methyl sites for hydroxylation is 1. The minimum absolute atomic E-state index is 0.477. The van der Waals surface area contributed by atoms with Crippen LogP contribution in [-0.4, -0.2) is 35.1 Å². The van der Waals surface area contributed by atoms with Gasteiger partial charge < -0.3 is 10.1 Å². The Labute approximate surface area is 115 Å². The quantitative estimate of drug-likeness (QED) is 0.852. The van der Waals surface area contributed by atoms with Gasteiger partial charge in [-0.05, 0) is 44.7 Å². The lowest BCUT2D eigenvalue weighted by Gasteiger charge is -2.61. The highest BCUT2D eigenvalue weighted by atomic mass is 16.5. The van der Waals surface area contributed by atoms with Gasteiger partial charge in [0.05, 0.1) is 12.3 Å². The molecule has 0 bridgehead atoms. The Morgan fingerprint density at radius 1 is 1.53 bits per heavy atom. The summed E-state index contributed by atoms with van der Waals surface area (Å²) in [5.41, 5.74) is 1.80. The summed E-state index contributed by atoms with van der Waals surface area (Å²) >= 11 is 0. The van der Waals surface area contributed by atoms with E-state index in [1.54, 1.807) is 0 Å². The van der Waals surface area contributed by atoms with Gasteiger partial charge in [-0.15, -0.1) is 0 Å². The summed E-state index contributed by atoms with van der Waals surface area (Å²) in [6, 6.07) is 0.675. The fourth-order valence-corrected chi connectivity index (χ4v) is 3.72. The fourth-order valence-electron chi connectivity index (χ4n) is 3.72. The standard InChI is InChI=1S/C15H25N3O/c1-3-19-14-9-13(15(14)6-4-7-15)16-8-5-12-10-17-18(2)11-12/h10-11,13-14,16H,3-9H2,1-2H3. The van der Waals surface area contributed by atoms with Crippen LogP contribution in [0.1, 0.15) is 38.2 Å². The van der Waals surface area contributed by atoms with Gasteiger partial charge in [-0.25, -0.2) is 0 Å². The molecule has 1 aromatic heterocycles. The SMILES string of the molecule is CCOC1CC(NCCc2cnn(C)c2)C12CCC2. The van der Waals surface area contributed by atoms with E-state index in [2.05, 4.69) is 23.5 Å². The van der Waals surface area contributed by atoms with Crippen LogP contribution in [-0.2, 0) is 18.2 Å². The number of rotatable bonds is 6. The summed E-state index contributed by atoms with van der Waals surface area (Å²) in [6.45, 7) is 4.02. The van der Waals surface area contributed by atoms with E-state index in [1.165, 1.54) is 31.2 Å². The van der Waals surface area contributed by atoms with Crippen molar-refractivity contribution < 1.29 is 4.74 Å². The number of hydrogen-bond donors (Lipinski definition) is 1. The Kier molecular flexibility index (Phi) is 3.63. The van der Waals surface area contributed by atoms with Gasteiger partial charge >= 0.3 is 0 Å². The highest BCUT2D eigenvalue weighted by molar-refractivity contribution is 5.12. The normalized spacial score (nSPS) is 28.1. The molecule has 4 heteroatoms. The second-order valence-corrected chi connectivity index (χ2v) is 6.05. The van der Waals surface area contributed by atoms with Crippen LogP contribution in [0.25, 0.3) is 0 Å². The van der Waals surface area contributed by atoms with Gasteiger partial charge in [0.1, 0.15) is 0 Å². The van der Waals surface area contributed by atoms with Gasteiger partial charge in [-0.1, -0.05) is 6.42 Å². The zero-order valence-electron chi connectivity index (χ0n) is 12.1. The molecule has 2 atom stereocenters. The van der Waals surface area contributed by atoms with Crippen LogP contribution in [0, 0.1) is 5.41 Å². The first-order valence-electron chi connectivity index (χ1n) is 7.57. The van der Waals surface area contributed by atoms with E-state index in [0.29, 0.717) is 17.6 Å². The predicted octanol–water partition coefficient (Wildman–Crippen LogP) is 1.90. The zero-order chi connectivity index (χ0) is 13.3. The lowest BCUT2D eigenvalue weighted by Crippen LogP contribution is -2.67. The Morgan fingerprint density at radius 3 is 2.95 bits per heavy atom. The van der Waals surface area contributed by atoms with Crippen molar-refractivity contribution in [2.75, 3.05) is 13.2 Å². The molecule has 2 aliphatic rings. The molecule has 1 heterocycles. The summed E-state index contributed by atoms with van der Waals surface area (Å²) in [6.07, 6.45) is 10.9. The first-order chi connectivity index (χ1) is 9.24. The van der Waals surface area contributed by atoms with Crippen molar-refractivity contribution in [3.8, 4) is 0 Å². The molecule has 1 spiro atoms. The van der Waals surface area contributed by atoms with Gasteiger partial charge in [0.15, 0.2) is 0 Å². The maximum atomic E-state index is 5.88. The van der Waals surface area contributed by atoms with Crippen LogP contribution in [0.3, 0.4) is 0 Å². The Morgan fingerprint density at radius 2 is 2.37 bits per heavy atom. The van der Waals surface area contributed by atoms with E-state index >= 15 is 0 Å². The average Bonchev–Trinajstić information content (AvgIpc) is 2.70. The smallest absolute Gasteiger partial charge is 0.0661 e. The largest absolute Gasteiger partial charge is 0.378 e. The third kappa shape index (κ3) is 2.32. The highest BCUT2D eigenvalue weighted by Crippen LogP contribution is 2.57. The molecule has 0 aromatic carbocycles. The average molecular weight is 263 g/mol. The predicted molar refractivity (Wildman–Crippen MR) is 75.0 cm³/mol. The fraction of sp³-hybridized carbons (Fsp3) is 0.800. The summed E-state index contributed by atoms with van der Waals surface area (Å²) in [5, 5.41) is 7.95. The molecular formula is C15H25N3O. The number of aromatic nitrogens is 2. The van der Waals surface area contributed by atoms with Crippen molar-refractivity contribution in [3.63, 3.8) is 0 Å². The van der Waals surface area contributed by atoms with Crippen LogP contribution >= 0.6 is 0 Å². The number of nitrogens with zero attached hydrogens (tertiary/aromatic N) is 2. The molecule has 106 valence electrons. The molecule has 2 saturated carbocycles. The van der Waals surface area contributed by atoms with Crippen molar-refractivity contribution in [2.24, 2.45) is 12.5 Å². The topological polar surface area (TPSA) is 39.1 Å². The van der Waals surface area contributed by atoms with E-state index < -0.39 is 0 Å². The second-order valence-electron chi connectivity index (χ2n) is 6.05. The van der Waals surface area contributed by atoms with Crippen molar-refractivity contribution in [2.45, 2.75) is 51.2 Å². The van der Waals surface area contributed by atoms with Crippen LogP contribution < -0.4 is 5.32 Å².